The molecular formula is C18H27N3O3S. The Labute approximate surface area is 150 Å². The van der Waals surface area contributed by atoms with Crippen LogP contribution in [-0.2, 0) is 27.7 Å². The highest BCUT2D eigenvalue weighted by molar-refractivity contribution is 7.89. The lowest BCUT2D eigenvalue weighted by Gasteiger charge is -2.34. The molecule has 0 aromatic heterocycles. The molecule has 1 amide bonds. The fourth-order valence-electron chi connectivity index (χ4n) is 3.58. The summed E-state index contributed by atoms with van der Waals surface area (Å²) in [6, 6.07) is 5.52. The monoisotopic (exact) mass is 365 g/mol. The molecule has 2 aliphatic rings. The van der Waals surface area contributed by atoms with Crippen LogP contribution < -0.4 is 4.72 Å². The normalized spacial score (nSPS) is 18.8. The van der Waals surface area contributed by atoms with Crippen molar-refractivity contribution in [3.05, 3.63) is 29.3 Å². The zero-order chi connectivity index (χ0) is 17.9. The molecule has 1 fully saturated rings. The van der Waals surface area contributed by atoms with Crippen molar-refractivity contribution in [2.45, 2.75) is 37.5 Å². The van der Waals surface area contributed by atoms with Crippen LogP contribution in [0.25, 0.3) is 0 Å². The average Bonchev–Trinajstić information content (AvgIpc) is 2.61. The van der Waals surface area contributed by atoms with Gasteiger partial charge in [-0.1, -0.05) is 6.07 Å². The van der Waals surface area contributed by atoms with Crippen LogP contribution in [0.4, 0.5) is 0 Å². The molecule has 1 N–H and O–H groups in total. The van der Waals surface area contributed by atoms with E-state index in [1.807, 2.05) is 17.0 Å². The molecule has 0 radical (unpaired) electrons. The number of aryl methyl sites for hydroxylation is 2. The van der Waals surface area contributed by atoms with Gasteiger partial charge in [0.15, 0.2) is 0 Å². The van der Waals surface area contributed by atoms with Crippen molar-refractivity contribution in [2.24, 2.45) is 0 Å². The van der Waals surface area contributed by atoms with Gasteiger partial charge >= 0.3 is 0 Å². The molecule has 1 aromatic rings. The summed E-state index contributed by atoms with van der Waals surface area (Å²) in [5, 5.41) is 0. The zero-order valence-electron chi connectivity index (χ0n) is 14.8. The number of benzene rings is 1. The third-order valence-corrected chi connectivity index (χ3v) is 6.63. The van der Waals surface area contributed by atoms with Crippen LogP contribution in [0.5, 0.6) is 0 Å². The number of hydrogen-bond acceptors (Lipinski definition) is 4. The lowest BCUT2D eigenvalue weighted by Crippen LogP contribution is -2.49. The second kappa shape index (κ2) is 7.85. The van der Waals surface area contributed by atoms with Gasteiger partial charge < -0.3 is 4.90 Å². The topological polar surface area (TPSA) is 69.7 Å². The molecular weight excluding hydrogens is 338 g/mol. The number of sulfonamides is 1. The number of rotatable bonds is 5. The lowest BCUT2D eigenvalue weighted by molar-refractivity contribution is -0.130. The van der Waals surface area contributed by atoms with Gasteiger partial charge in [-0.2, -0.15) is 0 Å². The van der Waals surface area contributed by atoms with Crippen molar-refractivity contribution in [3.63, 3.8) is 0 Å². The molecule has 1 aliphatic carbocycles. The summed E-state index contributed by atoms with van der Waals surface area (Å²) in [7, 11) is -3.46. The fourth-order valence-corrected chi connectivity index (χ4v) is 4.66. The van der Waals surface area contributed by atoms with E-state index in [1.165, 1.54) is 17.5 Å². The molecule has 7 heteroatoms. The molecule has 0 bridgehead atoms. The van der Waals surface area contributed by atoms with Crippen molar-refractivity contribution in [1.29, 1.82) is 0 Å². The molecule has 1 heterocycles. The van der Waals surface area contributed by atoms with Crippen molar-refractivity contribution in [1.82, 2.24) is 14.5 Å². The van der Waals surface area contributed by atoms with Gasteiger partial charge in [0.1, 0.15) is 0 Å². The summed E-state index contributed by atoms with van der Waals surface area (Å²) >= 11 is 0. The molecule has 25 heavy (non-hydrogen) atoms. The molecule has 1 aliphatic heterocycles. The van der Waals surface area contributed by atoms with Crippen LogP contribution >= 0.6 is 0 Å². The van der Waals surface area contributed by atoms with Gasteiger partial charge in [0.2, 0.25) is 15.9 Å². The van der Waals surface area contributed by atoms with Crippen LogP contribution in [0.2, 0.25) is 0 Å². The average molecular weight is 365 g/mol. The van der Waals surface area contributed by atoms with Crippen molar-refractivity contribution >= 4 is 15.9 Å². The Balaban J connectivity index is 1.52. The van der Waals surface area contributed by atoms with E-state index in [0.29, 0.717) is 31.1 Å². The van der Waals surface area contributed by atoms with E-state index in [1.54, 1.807) is 13.0 Å². The quantitative estimate of drug-likeness (QED) is 0.845. The molecule has 3 rings (SSSR count). The van der Waals surface area contributed by atoms with Crippen molar-refractivity contribution < 1.29 is 13.2 Å². The Kier molecular flexibility index (Phi) is 5.76. The van der Waals surface area contributed by atoms with Crippen LogP contribution in [0.15, 0.2) is 23.1 Å². The van der Waals surface area contributed by atoms with Gasteiger partial charge in [-0.15, -0.1) is 0 Å². The minimum absolute atomic E-state index is 0.104. The van der Waals surface area contributed by atoms with E-state index in [-0.39, 0.29) is 5.91 Å². The fraction of sp³-hybridized carbons (Fsp3) is 0.611. The first-order valence-corrected chi connectivity index (χ1v) is 10.5. The molecule has 138 valence electrons. The summed E-state index contributed by atoms with van der Waals surface area (Å²) in [5.74, 6) is 0.104. The van der Waals surface area contributed by atoms with Gasteiger partial charge in [0, 0.05) is 46.2 Å². The van der Waals surface area contributed by atoms with Gasteiger partial charge in [0.05, 0.1) is 4.90 Å². The zero-order valence-corrected chi connectivity index (χ0v) is 15.6. The number of hydrogen-bond donors (Lipinski definition) is 1. The first-order chi connectivity index (χ1) is 12.0. The van der Waals surface area contributed by atoms with E-state index in [0.717, 1.165) is 32.4 Å². The van der Waals surface area contributed by atoms with Gasteiger partial charge in [0.25, 0.3) is 0 Å². The Bertz CT molecular complexity index is 725. The summed E-state index contributed by atoms with van der Waals surface area (Å²) < 4.78 is 27.8. The van der Waals surface area contributed by atoms with Crippen molar-refractivity contribution in [2.75, 3.05) is 39.3 Å². The van der Waals surface area contributed by atoms with Crippen molar-refractivity contribution in [3.8, 4) is 0 Å². The number of fused-ring (bicyclic) bond motifs is 1. The molecule has 6 nitrogen and oxygen atoms in total. The molecule has 0 spiro atoms. The second-order valence-corrected chi connectivity index (χ2v) is 8.65. The minimum Gasteiger partial charge on any atom is -0.340 e. The maximum absolute atomic E-state index is 12.5. The van der Waals surface area contributed by atoms with Gasteiger partial charge in [-0.05, 0) is 48.9 Å². The summed E-state index contributed by atoms with van der Waals surface area (Å²) in [4.78, 5) is 15.7. The number of nitrogens with zero attached hydrogens (tertiary/aromatic N) is 2. The Morgan fingerprint density at radius 3 is 2.44 bits per heavy atom. The first kappa shape index (κ1) is 18.4. The van der Waals surface area contributed by atoms with Crippen LogP contribution in [0.3, 0.4) is 0 Å². The van der Waals surface area contributed by atoms with Gasteiger partial charge in [-0.25, -0.2) is 13.1 Å². The Morgan fingerprint density at radius 2 is 1.76 bits per heavy atom. The Hall–Kier alpha value is -1.44. The largest absolute Gasteiger partial charge is 0.340 e. The smallest absolute Gasteiger partial charge is 0.240 e. The highest BCUT2D eigenvalue weighted by Gasteiger charge is 2.20. The molecule has 1 aromatic carbocycles. The molecule has 0 unspecified atom stereocenters. The maximum Gasteiger partial charge on any atom is 0.240 e. The highest BCUT2D eigenvalue weighted by atomic mass is 32.2. The summed E-state index contributed by atoms with van der Waals surface area (Å²) in [5.41, 5.74) is 2.46. The highest BCUT2D eigenvalue weighted by Crippen LogP contribution is 2.23. The van der Waals surface area contributed by atoms with E-state index in [2.05, 4.69) is 9.62 Å². The number of carbonyl (C=O) groups is 1. The first-order valence-electron chi connectivity index (χ1n) is 9.05. The lowest BCUT2D eigenvalue weighted by atomic mass is 9.92. The van der Waals surface area contributed by atoms with E-state index < -0.39 is 10.0 Å². The number of nitrogens with one attached hydrogen (secondary N) is 1. The predicted octanol–water partition coefficient (Wildman–Crippen LogP) is 1.01. The predicted molar refractivity (Wildman–Crippen MR) is 97.0 cm³/mol. The third kappa shape index (κ3) is 4.59. The molecule has 0 atom stereocenters. The van der Waals surface area contributed by atoms with Gasteiger partial charge in [-0.3, -0.25) is 9.69 Å². The van der Waals surface area contributed by atoms with E-state index in [9.17, 15) is 13.2 Å². The van der Waals surface area contributed by atoms with Crippen LogP contribution in [-0.4, -0.2) is 63.4 Å². The summed E-state index contributed by atoms with van der Waals surface area (Å²) in [6.07, 6.45) is 4.35. The molecule has 1 saturated heterocycles. The number of amides is 1. The second-order valence-electron chi connectivity index (χ2n) is 6.88. The van der Waals surface area contributed by atoms with Crippen LogP contribution in [0, 0.1) is 0 Å². The van der Waals surface area contributed by atoms with Crippen LogP contribution in [0.1, 0.15) is 30.9 Å². The third-order valence-electron chi connectivity index (χ3n) is 5.17. The standard InChI is InChI=1S/C18H27N3O3S/c1-15(22)21-12-10-20(11-13-21)9-8-19-25(23,24)18-7-6-16-4-2-3-5-17(16)14-18/h6-7,14,19H,2-5,8-13H2,1H3. The maximum atomic E-state index is 12.5. The van der Waals surface area contributed by atoms with E-state index >= 15 is 0 Å². The Morgan fingerprint density at radius 1 is 1.08 bits per heavy atom. The number of piperazine rings is 1. The molecule has 0 saturated carbocycles. The SMILES string of the molecule is CC(=O)N1CCN(CCNS(=O)(=O)c2ccc3c(c2)CCCC3)CC1. The minimum atomic E-state index is -3.46. The van der Waals surface area contributed by atoms with E-state index in [4.69, 9.17) is 0 Å². The summed E-state index contributed by atoms with van der Waals surface area (Å²) in [6.45, 7) is 5.65. The number of carbonyl (C=O) groups excluding carboxylic acids is 1.